The smallest absolute Gasteiger partial charge is 0.253 e. The van der Waals surface area contributed by atoms with E-state index in [2.05, 4.69) is 68.2 Å². The van der Waals surface area contributed by atoms with E-state index in [-0.39, 0.29) is 18.4 Å². The molecule has 2 rings (SSSR count). The molecule has 1 heterocycles. The Kier molecular flexibility index (Phi) is 13.3. The van der Waals surface area contributed by atoms with E-state index in [4.69, 9.17) is 0 Å². The second-order valence-electron chi connectivity index (χ2n) is 6.82. The number of hydrogen-bond acceptors (Lipinski definition) is 2. The Morgan fingerprint density at radius 2 is 1.68 bits per heavy atom. The van der Waals surface area contributed by atoms with Crippen LogP contribution in [0, 0.1) is 6.92 Å². The summed E-state index contributed by atoms with van der Waals surface area (Å²) in [6.45, 7) is 17.6. The van der Waals surface area contributed by atoms with Crippen LogP contribution in [-0.2, 0) is 9.59 Å². The normalized spacial score (nSPS) is 16.9. The molecular formula is C27H38N2O2. The Labute approximate surface area is 188 Å². The second-order valence-corrected chi connectivity index (χ2v) is 6.82. The van der Waals surface area contributed by atoms with Crippen molar-refractivity contribution >= 4 is 17.4 Å². The van der Waals surface area contributed by atoms with Gasteiger partial charge in [-0.05, 0) is 51.8 Å². The van der Waals surface area contributed by atoms with Gasteiger partial charge in [-0.2, -0.15) is 0 Å². The molecule has 0 aromatic heterocycles. The highest BCUT2D eigenvalue weighted by atomic mass is 16.2. The van der Waals surface area contributed by atoms with Gasteiger partial charge in [-0.15, -0.1) is 0 Å². The van der Waals surface area contributed by atoms with Crippen LogP contribution in [0.1, 0.15) is 52.7 Å². The molecule has 1 aliphatic rings. The number of likely N-dealkylation sites (N-methyl/N-ethyl adjacent to an activating group) is 1. The highest BCUT2D eigenvalue weighted by Crippen LogP contribution is 2.18. The average molecular weight is 423 g/mol. The van der Waals surface area contributed by atoms with E-state index in [9.17, 15) is 9.59 Å². The standard InChI is InChI=1S/C13H16.C12H16N2O2.C2H6/c1-4-6-12(5-2)13-9-7-11(3)8-10-13;1-5-10-9(6-8(2)3)12(16)13-7-11(15)14(10)4;1-2/h4-10H,1-3H3;5-6H,2,7H2,1,3-4H3,(H,13,16);1-2H3/b6-4-,12-5+;9-6+,10-5+;. The van der Waals surface area contributed by atoms with Crippen molar-refractivity contribution in [2.75, 3.05) is 13.6 Å². The number of carbonyl (C=O) groups is 2. The fraction of sp³-hybridized carbons (Fsp3) is 0.333. The van der Waals surface area contributed by atoms with Crippen molar-refractivity contribution < 1.29 is 9.59 Å². The molecule has 1 saturated heterocycles. The Bertz CT molecular complexity index is 869. The van der Waals surface area contributed by atoms with Crippen LogP contribution in [0.4, 0.5) is 0 Å². The summed E-state index contributed by atoms with van der Waals surface area (Å²) < 4.78 is 0. The molecule has 0 unspecified atom stereocenters. The number of amides is 2. The lowest BCUT2D eigenvalue weighted by atomic mass is 10.0. The maximum Gasteiger partial charge on any atom is 0.253 e. The highest BCUT2D eigenvalue weighted by molar-refractivity contribution is 6.03. The van der Waals surface area contributed by atoms with Crippen LogP contribution in [0.5, 0.6) is 0 Å². The third-order valence-corrected chi connectivity index (χ3v) is 4.36. The molecule has 4 nitrogen and oxygen atoms in total. The first-order valence-electron chi connectivity index (χ1n) is 10.7. The molecule has 1 aliphatic heterocycles. The first kappa shape index (κ1) is 27.9. The van der Waals surface area contributed by atoms with Gasteiger partial charge in [-0.25, -0.2) is 0 Å². The van der Waals surface area contributed by atoms with Gasteiger partial charge in [0.05, 0.1) is 17.8 Å². The Hall–Kier alpha value is -3.14. The van der Waals surface area contributed by atoms with Crippen LogP contribution in [0.25, 0.3) is 5.57 Å². The Balaban J connectivity index is 0.000000547. The lowest BCUT2D eigenvalue weighted by Gasteiger charge is -2.17. The second kappa shape index (κ2) is 14.8. The zero-order valence-corrected chi connectivity index (χ0v) is 20.4. The van der Waals surface area contributed by atoms with Gasteiger partial charge in [0.15, 0.2) is 0 Å². The largest absolute Gasteiger partial charge is 0.343 e. The van der Waals surface area contributed by atoms with Crippen LogP contribution in [-0.4, -0.2) is 30.3 Å². The Morgan fingerprint density at radius 1 is 1.10 bits per heavy atom. The molecule has 0 radical (unpaired) electrons. The number of nitrogens with one attached hydrogen (secondary N) is 1. The molecule has 1 aromatic rings. The van der Waals surface area contributed by atoms with Crippen molar-refractivity contribution in [2.24, 2.45) is 0 Å². The maximum atomic E-state index is 11.8. The molecule has 0 saturated carbocycles. The Morgan fingerprint density at radius 3 is 2.13 bits per heavy atom. The van der Waals surface area contributed by atoms with E-state index in [0.29, 0.717) is 11.3 Å². The molecular weight excluding hydrogens is 384 g/mol. The van der Waals surface area contributed by atoms with Crippen LogP contribution in [0.2, 0.25) is 0 Å². The van der Waals surface area contributed by atoms with Crippen LogP contribution in [0.3, 0.4) is 0 Å². The maximum absolute atomic E-state index is 11.8. The van der Waals surface area contributed by atoms with Crippen molar-refractivity contribution in [1.82, 2.24) is 10.2 Å². The molecule has 2 amide bonds. The summed E-state index contributed by atoms with van der Waals surface area (Å²) in [6, 6.07) is 8.60. The number of rotatable bonds is 3. The summed E-state index contributed by atoms with van der Waals surface area (Å²) in [6.07, 6.45) is 9.75. The van der Waals surface area contributed by atoms with Crippen molar-refractivity contribution in [3.05, 3.63) is 89.2 Å². The van der Waals surface area contributed by atoms with Gasteiger partial charge in [-0.3, -0.25) is 9.59 Å². The van der Waals surface area contributed by atoms with Crippen molar-refractivity contribution in [2.45, 2.75) is 48.5 Å². The van der Waals surface area contributed by atoms with Gasteiger partial charge in [0.1, 0.15) is 0 Å². The molecule has 1 fully saturated rings. The van der Waals surface area contributed by atoms with E-state index in [1.807, 2.05) is 20.8 Å². The predicted molar refractivity (Wildman–Crippen MR) is 133 cm³/mol. The number of aryl methyl sites for hydroxylation is 1. The predicted octanol–water partition coefficient (Wildman–Crippen LogP) is 5.98. The number of hydrogen-bond donors (Lipinski definition) is 1. The molecule has 4 heteroatoms. The van der Waals surface area contributed by atoms with Gasteiger partial charge in [0.25, 0.3) is 5.91 Å². The van der Waals surface area contributed by atoms with Crippen LogP contribution < -0.4 is 5.32 Å². The fourth-order valence-electron chi connectivity index (χ4n) is 2.82. The molecule has 0 atom stereocenters. The van der Waals surface area contributed by atoms with Crippen LogP contribution >= 0.6 is 0 Å². The van der Waals surface area contributed by atoms with Crippen molar-refractivity contribution in [1.29, 1.82) is 0 Å². The van der Waals surface area contributed by atoms with E-state index < -0.39 is 0 Å². The van der Waals surface area contributed by atoms with Crippen LogP contribution in [0.15, 0.2) is 78.1 Å². The van der Waals surface area contributed by atoms with Gasteiger partial charge in [0, 0.05) is 7.05 Å². The molecule has 168 valence electrons. The number of benzene rings is 1. The fourth-order valence-corrected chi connectivity index (χ4v) is 2.82. The molecule has 1 N–H and O–H groups in total. The zero-order chi connectivity index (χ0) is 24.0. The van der Waals surface area contributed by atoms with Crippen molar-refractivity contribution in [3.63, 3.8) is 0 Å². The summed E-state index contributed by atoms with van der Waals surface area (Å²) in [5, 5.41) is 2.56. The van der Waals surface area contributed by atoms with Gasteiger partial charge >= 0.3 is 0 Å². The monoisotopic (exact) mass is 422 g/mol. The summed E-state index contributed by atoms with van der Waals surface area (Å²) >= 11 is 0. The third-order valence-electron chi connectivity index (χ3n) is 4.36. The van der Waals surface area contributed by atoms with Crippen molar-refractivity contribution in [3.8, 4) is 0 Å². The SMILES string of the molecule is C/C=C\C(=C/C)c1ccc(C)cc1.C=C(C)/C=C1/C(=O)NCC(=O)N(C)/C1=C/C.CC. The zero-order valence-electron chi connectivity index (χ0n) is 20.4. The quantitative estimate of drug-likeness (QED) is 0.481. The van der Waals surface area contributed by atoms with Gasteiger partial charge < -0.3 is 10.2 Å². The van der Waals surface area contributed by atoms with Gasteiger partial charge in [0.2, 0.25) is 5.91 Å². The summed E-state index contributed by atoms with van der Waals surface area (Å²) in [4.78, 5) is 24.8. The lowest BCUT2D eigenvalue weighted by Crippen LogP contribution is -2.31. The minimum atomic E-state index is -0.242. The third kappa shape index (κ3) is 9.04. The first-order valence-corrected chi connectivity index (χ1v) is 10.7. The minimum Gasteiger partial charge on any atom is -0.343 e. The molecule has 31 heavy (non-hydrogen) atoms. The molecule has 0 bridgehead atoms. The molecule has 1 aromatic carbocycles. The van der Waals surface area contributed by atoms with E-state index in [1.54, 1.807) is 33.0 Å². The summed E-state index contributed by atoms with van der Waals surface area (Å²) in [7, 11) is 1.66. The van der Waals surface area contributed by atoms with E-state index >= 15 is 0 Å². The summed E-state index contributed by atoms with van der Waals surface area (Å²) in [5.41, 5.74) is 5.73. The highest BCUT2D eigenvalue weighted by Gasteiger charge is 2.25. The minimum absolute atomic E-state index is 0.0280. The number of allylic oxidation sites excluding steroid dienone is 7. The average Bonchev–Trinajstić information content (AvgIpc) is 2.86. The van der Waals surface area contributed by atoms with E-state index in [1.165, 1.54) is 21.6 Å². The summed E-state index contributed by atoms with van der Waals surface area (Å²) in [5.74, 6) is -0.375. The number of nitrogens with zero attached hydrogens (tertiary/aromatic N) is 1. The first-order chi connectivity index (χ1) is 14.7. The van der Waals surface area contributed by atoms with E-state index in [0.717, 1.165) is 5.57 Å². The topological polar surface area (TPSA) is 49.4 Å². The van der Waals surface area contributed by atoms with Gasteiger partial charge in [-0.1, -0.05) is 80.1 Å². The number of carbonyl (C=O) groups excluding carboxylic acids is 2. The molecule has 0 aliphatic carbocycles. The molecule has 0 spiro atoms. The lowest BCUT2D eigenvalue weighted by molar-refractivity contribution is -0.128.